The Labute approximate surface area is 258 Å². The zero-order chi connectivity index (χ0) is 31.6. The van der Waals surface area contributed by atoms with Crippen molar-refractivity contribution >= 4 is 29.3 Å². The van der Waals surface area contributed by atoms with Crippen LogP contribution in [0.3, 0.4) is 0 Å². The number of benzene rings is 1. The molecule has 2 unspecified atom stereocenters. The third-order valence-corrected chi connectivity index (χ3v) is 8.95. The summed E-state index contributed by atoms with van der Waals surface area (Å²) in [6, 6.07) is 6.57. The summed E-state index contributed by atoms with van der Waals surface area (Å²) in [6.07, 6.45) is 0.384. The molecular formula is C30H37ClF3N7O3. The average Bonchev–Trinajstić information content (AvgIpc) is 3.55. The largest absolute Gasteiger partial charge is 0.480 e. The monoisotopic (exact) mass is 635 g/mol. The highest BCUT2D eigenvalue weighted by Crippen LogP contribution is 2.46. The highest BCUT2D eigenvalue weighted by atomic mass is 35.5. The Bertz CT molecular complexity index is 1480. The number of carboxylic acid groups (broad SMARTS) is 1. The van der Waals surface area contributed by atoms with Crippen molar-refractivity contribution in [3.63, 3.8) is 0 Å². The van der Waals surface area contributed by atoms with Crippen LogP contribution in [-0.4, -0.2) is 62.2 Å². The van der Waals surface area contributed by atoms with Gasteiger partial charge in [-0.05, 0) is 56.2 Å². The van der Waals surface area contributed by atoms with Crippen LogP contribution in [0.25, 0.3) is 5.69 Å². The first-order chi connectivity index (χ1) is 20.9. The molecule has 0 bridgehead atoms. The van der Waals surface area contributed by atoms with E-state index in [1.54, 1.807) is 19.2 Å². The lowest BCUT2D eigenvalue weighted by Gasteiger charge is -2.43. The topological polar surface area (TPSA) is 131 Å². The Morgan fingerprint density at radius 3 is 2.61 bits per heavy atom. The number of carbonyl (C=O) groups is 1. The standard InChI is InChI=1S/C30H37ClF3N7O3/c1-3-4-5-6-23-29(17-21(36-23)27(42)43)10-13-40(14-11-29)24-16-25(38-28(35)37-24)44-26(30(32,33)34)20-8-7-19(31)15-22(20)41-12-9-18(2)39-41/h7-9,12,15-16,21,23,26,36H,3-6,10-11,13-14,17H2,1-2H3,(H,42,43)(H2,35,37,38)/t21?,23?,26-/m1/s1. The number of anilines is 2. The molecule has 4 N–H and O–H groups in total. The minimum atomic E-state index is -4.81. The van der Waals surface area contributed by atoms with E-state index in [1.807, 2.05) is 4.90 Å². The summed E-state index contributed by atoms with van der Waals surface area (Å²) in [5, 5.41) is 17.6. The average molecular weight is 636 g/mol. The van der Waals surface area contributed by atoms with Gasteiger partial charge in [0.15, 0.2) is 0 Å². The molecule has 0 aliphatic carbocycles. The Morgan fingerprint density at radius 2 is 1.98 bits per heavy atom. The summed E-state index contributed by atoms with van der Waals surface area (Å²) in [5.41, 5.74) is 6.34. The van der Waals surface area contributed by atoms with E-state index in [9.17, 15) is 23.1 Å². The third kappa shape index (κ3) is 6.88. The van der Waals surface area contributed by atoms with E-state index >= 15 is 0 Å². The molecule has 1 aromatic carbocycles. The van der Waals surface area contributed by atoms with Gasteiger partial charge in [0.05, 0.1) is 11.4 Å². The normalized spacial score (nSPS) is 20.6. The number of aliphatic carboxylic acids is 1. The van der Waals surface area contributed by atoms with Gasteiger partial charge in [0.2, 0.25) is 17.9 Å². The summed E-state index contributed by atoms with van der Waals surface area (Å²) < 4.78 is 50.5. The number of hydrogen-bond acceptors (Lipinski definition) is 8. The van der Waals surface area contributed by atoms with Gasteiger partial charge in [-0.1, -0.05) is 43.9 Å². The summed E-state index contributed by atoms with van der Waals surface area (Å²) in [6.45, 7) is 4.94. The first-order valence-corrected chi connectivity index (χ1v) is 15.2. The van der Waals surface area contributed by atoms with Crippen LogP contribution in [0, 0.1) is 12.3 Å². The van der Waals surface area contributed by atoms with Crippen LogP contribution in [0.1, 0.15) is 69.2 Å². The van der Waals surface area contributed by atoms with Gasteiger partial charge in [-0.2, -0.15) is 28.2 Å². The zero-order valence-corrected chi connectivity index (χ0v) is 25.4. The lowest BCUT2D eigenvalue weighted by Crippen LogP contribution is -2.46. The predicted molar refractivity (Wildman–Crippen MR) is 160 cm³/mol. The van der Waals surface area contributed by atoms with Crippen molar-refractivity contribution in [2.45, 2.75) is 83.2 Å². The Hall–Kier alpha value is -3.58. The maximum atomic E-state index is 14.5. The Morgan fingerprint density at radius 1 is 1.23 bits per heavy atom. The number of nitrogen functional groups attached to an aromatic ring is 1. The smallest absolute Gasteiger partial charge is 0.429 e. The number of ether oxygens (including phenoxy) is 1. The van der Waals surface area contributed by atoms with E-state index in [4.69, 9.17) is 22.1 Å². The predicted octanol–water partition coefficient (Wildman–Crippen LogP) is 5.87. The summed E-state index contributed by atoms with van der Waals surface area (Å²) in [5.74, 6) is -1.03. The second-order valence-corrected chi connectivity index (χ2v) is 12.2. The van der Waals surface area contributed by atoms with Gasteiger partial charge in [-0.25, -0.2) is 4.68 Å². The van der Waals surface area contributed by atoms with Crippen molar-refractivity contribution in [2.75, 3.05) is 23.7 Å². The van der Waals surface area contributed by atoms with Gasteiger partial charge >= 0.3 is 12.1 Å². The van der Waals surface area contributed by atoms with Gasteiger partial charge in [0.1, 0.15) is 11.9 Å². The highest BCUT2D eigenvalue weighted by Gasteiger charge is 2.50. The number of nitrogens with two attached hydrogens (primary N) is 1. The summed E-state index contributed by atoms with van der Waals surface area (Å²) >= 11 is 6.15. The fourth-order valence-electron chi connectivity index (χ4n) is 6.47. The van der Waals surface area contributed by atoms with Crippen LogP contribution in [0.5, 0.6) is 5.88 Å². The zero-order valence-electron chi connectivity index (χ0n) is 24.6. The number of carboxylic acids is 1. The first-order valence-electron chi connectivity index (χ1n) is 14.8. The molecule has 3 atom stereocenters. The van der Waals surface area contributed by atoms with Gasteiger partial charge < -0.3 is 25.8 Å². The number of halogens is 4. The number of alkyl halides is 3. The number of piperidine rings is 1. The van der Waals surface area contributed by atoms with E-state index in [0.29, 0.717) is 43.9 Å². The number of aromatic nitrogens is 4. The van der Waals surface area contributed by atoms with Gasteiger partial charge in [-0.15, -0.1) is 0 Å². The summed E-state index contributed by atoms with van der Waals surface area (Å²) in [4.78, 5) is 22.1. The van der Waals surface area contributed by atoms with E-state index in [0.717, 1.165) is 25.7 Å². The maximum absolute atomic E-state index is 14.5. The minimum absolute atomic E-state index is 0.0892. The van der Waals surface area contributed by atoms with Crippen molar-refractivity contribution in [2.24, 2.45) is 5.41 Å². The molecule has 2 saturated heterocycles. The van der Waals surface area contributed by atoms with Crippen molar-refractivity contribution < 1.29 is 27.8 Å². The molecule has 2 aliphatic heterocycles. The van der Waals surface area contributed by atoms with Gasteiger partial charge in [0, 0.05) is 42.0 Å². The fraction of sp³-hybridized carbons (Fsp3) is 0.533. The molecule has 0 amide bonds. The molecule has 5 rings (SSSR count). The lowest BCUT2D eigenvalue weighted by atomic mass is 9.70. The van der Waals surface area contributed by atoms with Crippen LogP contribution in [0.4, 0.5) is 24.9 Å². The SMILES string of the molecule is CCCCCC1NC(C(=O)O)CC12CCN(c1cc(O[C@H](c3ccc(Cl)cc3-n3ccc(C)n3)C(F)(F)F)nc(N)n1)CC2. The highest BCUT2D eigenvalue weighted by molar-refractivity contribution is 6.30. The Balaban J connectivity index is 1.38. The van der Waals surface area contributed by atoms with Crippen LogP contribution in [0.2, 0.25) is 5.02 Å². The van der Waals surface area contributed by atoms with Crippen molar-refractivity contribution in [3.8, 4) is 11.6 Å². The number of rotatable bonds is 10. The van der Waals surface area contributed by atoms with Gasteiger partial charge in [0.25, 0.3) is 0 Å². The molecule has 238 valence electrons. The Kier molecular flexibility index (Phi) is 9.26. The van der Waals surface area contributed by atoms with E-state index in [1.165, 1.54) is 28.9 Å². The van der Waals surface area contributed by atoms with E-state index in [-0.39, 0.29) is 39.6 Å². The number of nitrogens with zero attached hydrogens (tertiary/aromatic N) is 5. The van der Waals surface area contributed by atoms with E-state index < -0.39 is 24.3 Å². The number of aryl methyl sites for hydroxylation is 1. The molecule has 10 nitrogen and oxygen atoms in total. The molecule has 3 aromatic rings. The molecule has 0 radical (unpaired) electrons. The van der Waals surface area contributed by atoms with Gasteiger partial charge in [-0.3, -0.25) is 4.79 Å². The number of hydrogen-bond donors (Lipinski definition) is 3. The van der Waals surface area contributed by atoms with Crippen LogP contribution in [-0.2, 0) is 4.79 Å². The molecular weight excluding hydrogens is 599 g/mol. The molecule has 14 heteroatoms. The minimum Gasteiger partial charge on any atom is -0.480 e. The lowest BCUT2D eigenvalue weighted by molar-refractivity contribution is -0.198. The molecule has 4 heterocycles. The van der Waals surface area contributed by atoms with Crippen LogP contribution < -0.4 is 20.7 Å². The van der Waals surface area contributed by atoms with Crippen molar-refractivity contribution in [3.05, 3.63) is 52.8 Å². The van der Waals surface area contributed by atoms with Crippen LogP contribution >= 0.6 is 11.6 Å². The third-order valence-electron chi connectivity index (χ3n) is 8.72. The van der Waals surface area contributed by atoms with Crippen molar-refractivity contribution in [1.29, 1.82) is 0 Å². The van der Waals surface area contributed by atoms with Crippen molar-refractivity contribution in [1.82, 2.24) is 25.1 Å². The first kappa shape index (κ1) is 31.8. The van der Waals surface area contributed by atoms with Crippen LogP contribution in [0.15, 0.2) is 36.5 Å². The molecule has 2 fully saturated rings. The molecule has 2 aliphatic rings. The van der Waals surface area contributed by atoms with E-state index in [2.05, 4.69) is 27.3 Å². The second kappa shape index (κ2) is 12.8. The molecule has 44 heavy (non-hydrogen) atoms. The fourth-order valence-corrected chi connectivity index (χ4v) is 6.64. The number of unbranched alkanes of at least 4 members (excludes halogenated alkanes) is 2. The summed E-state index contributed by atoms with van der Waals surface area (Å²) in [7, 11) is 0. The molecule has 1 spiro atoms. The molecule has 0 saturated carbocycles. The molecule has 2 aromatic heterocycles. The maximum Gasteiger partial charge on any atom is 0.429 e. The second-order valence-electron chi connectivity index (χ2n) is 11.7. The quantitative estimate of drug-likeness (QED) is 0.234. The number of nitrogens with one attached hydrogen (secondary N) is 1.